The summed E-state index contributed by atoms with van der Waals surface area (Å²) in [5.74, 6) is 0.0335. The molecule has 158 valence electrons. The summed E-state index contributed by atoms with van der Waals surface area (Å²) in [5.41, 5.74) is 0.0131. The van der Waals surface area contributed by atoms with Crippen LogP contribution in [0.25, 0.3) is 6.08 Å². The summed E-state index contributed by atoms with van der Waals surface area (Å²) in [6, 6.07) is 6.15. The number of carbonyl (C=O) groups excluding carboxylic acids is 2. The van der Waals surface area contributed by atoms with Crippen molar-refractivity contribution < 1.29 is 28.3 Å². The molecule has 1 saturated heterocycles. The number of carbonyl (C=O) groups is 2. The first-order valence-corrected chi connectivity index (χ1v) is 9.91. The highest BCUT2D eigenvalue weighted by molar-refractivity contribution is 6.14. The molecule has 1 N–H and O–H groups in total. The fourth-order valence-corrected chi connectivity index (χ4v) is 3.74. The van der Waals surface area contributed by atoms with Crippen LogP contribution < -0.4 is 0 Å². The van der Waals surface area contributed by atoms with Gasteiger partial charge < -0.3 is 23.6 Å². The minimum absolute atomic E-state index is 0.0131. The molecule has 2 aromatic heterocycles. The number of nitrogens with zero attached hydrogens (tertiary/aromatic N) is 2. The predicted molar refractivity (Wildman–Crippen MR) is 108 cm³/mol. The van der Waals surface area contributed by atoms with Crippen LogP contribution in [0.15, 0.2) is 56.8 Å². The Morgan fingerprint density at radius 3 is 2.70 bits per heavy atom. The lowest BCUT2D eigenvalue weighted by Crippen LogP contribution is -2.43. The Morgan fingerprint density at radius 1 is 1.23 bits per heavy atom. The van der Waals surface area contributed by atoms with Gasteiger partial charge in [-0.15, -0.1) is 0 Å². The summed E-state index contributed by atoms with van der Waals surface area (Å²) in [7, 11) is 0. The number of furan rings is 2. The smallest absolute Gasteiger partial charge is 0.290 e. The van der Waals surface area contributed by atoms with E-state index < -0.39 is 23.5 Å². The average molecular weight is 412 g/mol. The van der Waals surface area contributed by atoms with E-state index in [1.54, 1.807) is 31.2 Å². The zero-order valence-corrected chi connectivity index (χ0v) is 16.7. The number of allylic oxidation sites excluding steroid dienone is 1. The summed E-state index contributed by atoms with van der Waals surface area (Å²) >= 11 is 0. The maximum absolute atomic E-state index is 12.9. The zero-order chi connectivity index (χ0) is 21.1. The molecular formula is C22H24N2O6. The second kappa shape index (κ2) is 8.73. The number of rotatable bonds is 7. The van der Waals surface area contributed by atoms with Crippen molar-refractivity contribution in [2.24, 2.45) is 0 Å². The molecule has 4 rings (SSSR count). The Kier molecular flexibility index (Phi) is 5.87. The fourth-order valence-electron chi connectivity index (χ4n) is 3.74. The molecule has 30 heavy (non-hydrogen) atoms. The summed E-state index contributed by atoms with van der Waals surface area (Å²) < 4.78 is 16.3. The molecule has 8 nitrogen and oxygen atoms in total. The Balaban J connectivity index is 1.59. The minimum Gasteiger partial charge on any atom is -0.503 e. The highest BCUT2D eigenvalue weighted by Gasteiger charge is 2.44. The first kappa shape index (κ1) is 20.2. The fraction of sp³-hybridized carbons (Fsp3) is 0.364. The summed E-state index contributed by atoms with van der Waals surface area (Å²) in [4.78, 5) is 29.5. The largest absolute Gasteiger partial charge is 0.503 e. The molecule has 1 fully saturated rings. The molecule has 2 aliphatic rings. The summed E-state index contributed by atoms with van der Waals surface area (Å²) in [6.45, 7) is 5.63. The van der Waals surface area contributed by atoms with Gasteiger partial charge in [-0.05, 0) is 43.3 Å². The minimum atomic E-state index is -0.777. The van der Waals surface area contributed by atoms with Gasteiger partial charge in [-0.25, -0.2) is 0 Å². The lowest BCUT2D eigenvalue weighted by Gasteiger charge is -2.30. The quantitative estimate of drug-likeness (QED) is 0.698. The van der Waals surface area contributed by atoms with Gasteiger partial charge in [-0.2, -0.15) is 0 Å². The van der Waals surface area contributed by atoms with Gasteiger partial charge in [0, 0.05) is 26.2 Å². The first-order chi connectivity index (χ1) is 14.5. The molecule has 4 heterocycles. The molecule has 8 heteroatoms. The number of aryl methyl sites for hydroxylation is 1. The van der Waals surface area contributed by atoms with E-state index in [-0.39, 0.29) is 5.57 Å². The van der Waals surface area contributed by atoms with E-state index in [0.717, 1.165) is 13.1 Å². The Bertz CT molecular complexity index is 966. The third-order valence-corrected chi connectivity index (χ3v) is 5.30. The number of aliphatic hydroxyl groups is 1. The van der Waals surface area contributed by atoms with Gasteiger partial charge >= 0.3 is 0 Å². The molecule has 0 aromatic carbocycles. The van der Waals surface area contributed by atoms with Crippen molar-refractivity contribution in [2.75, 3.05) is 39.4 Å². The lowest BCUT2D eigenvalue weighted by atomic mass is 10.0. The van der Waals surface area contributed by atoms with E-state index in [0.29, 0.717) is 43.6 Å². The molecule has 1 atom stereocenters. The van der Waals surface area contributed by atoms with Gasteiger partial charge in [-0.1, -0.05) is 0 Å². The van der Waals surface area contributed by atoms with Gasteiger partial charge in [-0.3, -0.25) is 14.5 Å². The van der Waals surface area contributed by atoms with Crippen molar-refractivity contribution in [1.82, 2.24) is 9.80 Å². The van der Waals surface area contributed by atoms with Crippen LogP contribution in [0.1, 0.15) is 23.3 Å². The third-order valence-electron chi connectivity index (χ3n) is 5.30. The molecule has 0 bridgehead atoms. The number of amides is 1. The van der Waals surface area contributed by atoms with Crippen LogP contribution in [0, 0.1) is 6.92 Å². The zero-order valence-electron chi connectivity index (χ0n) is 16.7. The SMILES string of the molecule is Cc1ccc(C2C(C(=O)/C=C/c3ccco3)=C(O)C(=O)N2CCN2CCOCC2)o1. The van der Waals surface area contributed by atoms with Gasteiger partial charge in [0.25, 0.3) is 5.91 Å². The van der Waals surface area contributed by atoms with Gasteiger partial charge in [0.1, 0.15) is 23.3 Å². The molecule has 1 unspecified atom stereocenters. The molecule has 0 saturated carbocycles. The Labute approximate surface area is 174 Å². The van der Waals surface area contributed by atoms with Crippen molar-refractivity contribution >= 4 is 17.8 Å². The lowest BCUT2D eigenvalue weighted by molar-refractivity contribution is -0.130. The molecule has 0 spiro atoms. The topological polar surface area (TPSA) is 96.4 Å². The number of hydrogen-bond acceptors (Lipinski definition) is 7. The number of hydrogen-bond donors (Lipinski definition) is 1. The van der Waals surface area contributed by atoms with E-state index in [1.165, 1.54) is 23.3 Å². The Morgan fingerprint density at radius 2 is 2.03 bits per heavy atom. The number of ether oxygens (including phenoxy) is 1. The average Bonchev–Trinajstić information content (AvgIpc) is 3.47. The van der Waals surface area contributed by atoms with Crippen LogP contribution in [-0.4, -0.2) is 66.0 Å². The van der Waals surface area contributed by atoms with Crippen LogP contribution >= 0.6 is 0 Å². The maximum Gasteiger partial charge on any atom is 0.290 e. The monoisotopic (exact) mass is 412 g/mol. The van der Waals surface area contributed by atoms with E-state index in [9.17, 15) is 14.7 Å². The highest BCUT2D eigenvalue weighted by atomic mass is 16.5. The van der Waals surface area contributed by atoms with Crippen molar-refractivity contribution in [3.05, 3.63) is 65.2 Å². The van der Waals surface area contributed by atoms with Gasteiger partial charge in [0.15, 0.2) is 11.5 Å². The second-order valence-electron chi connectivity index (χ2n) is 7.28. The van der Waals surface area contributed by atoms with Crippen molar-refractivity contribution in [3.63, 3.8) is 0 Å². The number of ketones is 1. The number of aliphatic hydroxyl groups excluding tert-OH is 1. The van der Waals surface area contributed by atoms with Gasteiger partial charge in [0.05, 0.1) is 25.1 Å². The second-order valence-corrected chi connectivity index (χ2v) is 7.28. The van der Waals surface area contributed by atoms with Crippen LogP contribution in [0.5, 0.6) is 0 Å². The van der Waals surface area contributed by atoms with Crippen molar-refractivity contribution in [2.45, 2.75) is 13.0 Å². The number of morpholine rings is 1. The van der Waals surface area contributed by atoms with E-state index in [1.807, 2.05) is 0 Å². The molecule has 2 aliphatic heterocycles. The summed E-state index contributed by atoms with van der Waals surface area (Å²) in [6.07, 6.45) is 4.31. The van der Waals surface area contributed by atoms with Crippen LogP contribution in [-0.2, 0) is 14.3 Å². The third kappa shape index (κ3) is 4.10. The summed E-state index contributed by atoms with van der Waals surface area (Å²) in [5, 5.41) is 10.6. The first-order valence-electron chi connectivity index (χ1n) is 9.91. The maximum atomic E-state index is 12.9. The highest BCUT2D eigenvalue weighted by Crippen LogP contribution is 2.38. The van der Waals surface area contributed by atoms with Crippen LogP contribution in [0.3, 0.4) is 0 Å². The van der Waals surface area contributed by atoms with Gasteiger partial charge in [0.2, 0.25) is 0 Å². The molecule has 0 radical (unpaired) electrons. The Hall–Kier alpha value is -3.10. The van der Waals surface area contributed by atoms with Crippen molar-refractivity contribution in [3.8, 4) is 0 Å². The van der Waals surface area contributed by atoms with E-state index in [4.69, 9.17) is 13.6 Å². The predicted octanol–water partition coefficient (Wildman–Crippen LogP) is 2.49. The van der Waals surface area contributed by atoms with Crippen LogP contribution in [0.4, 0.5) is 0 Å². The van der Waals surface area contributed by atoms with Crippen molar-refractivity contribution in [1.29, 1.82) is 0 Å². The molecule has 2 aromatic rings. The van der Waals surface area contributed by atoms with Crippen LogP contribution in [0.2, 0.25) is 0 Å². The normalized spacial score (nSPS) is 20.6. The molecule has 1 amide bonds. The molecular weight excluding hydrogens is 388 g/mol. The standard InChI is InChI=1S/C22H24N2O6/c1-15-4-7-18(30-15)20-19(17(25)6-5-16-3-2-12-29-16)21(26)22(27)24(20)9-8-23-10-13-28-14-11-23/h2-7,12,20,26H,8-11,13-14H2,1H3/b6-5+. The molecule has 0 aliphatic carbocycles. The van der Waals surface area contributed by atoms with E-state index in [2.05, 4.69) is 4.90 Å². The van der Waals surface area contributed by atoms with E-state index >= 15 is 0 Å².